The first-order chi connectivity index (χ1) is 13.6. The third-order valence-electron chi connectivity index (χ3n) is 3.95. The van der Waals surface area contributed by atoms with E-state index >= 15 is 0 Å². The summed E-state index contributed by atoms with van der Waals surface area (Å²) in [4.78, 5) is 27.9. The fourth-order valence-corrected chi connectivity index (χ4v) is 2.57. The molecule has 0 aliphatic heterocycles. The van der Waals surface area contributed by atoms with Crippen LogP contribution < -0.4 is 16.0 Å². The number of nitrogens with one attached hydrogen (secondary N) is 3. The Morgan fingerprint density at radius 3 is 2.14 bits per heavy atom. The van der Waals surface area contributed by atoms with Crippen molar-refractivity contribution in [2.75, 3.05) is 5.32 Å². The zero-order valence-electron chi connectivity index (χ0n) is 15.0. The van der Waals surface area contributed by atoms with Gasteiger partial charge in [0, 0.05) is 36.2 Å². The maximum atomic E-state index is 12.0. The average Bonchev–Trinajstić information content (AvgIpc) is 2.73. The summed E-state index contributed by atoms with van der Waals surface area (Å²) in [6.07, 6.45) is 3.14. The zero-order chi connectivity index (χ0) is 19.8. The van der Waals surface area contributed by atoms with Gasteiger partial charge in [0.2, 0.25) is 0 Å². The molecule has 0 aliphatic rings. The Balaban J connectivity index is 1.45. The van der Waals surface area contributed by atoms with E-state index in [0.717, 1.165) is 11.1 Å². The normalized spacial score (nSPS) is 10.2. The summed E-state index contributed by atoms with van der Waals surface area (Å²) in [6, 6.07) is 17.7. The molecule has 0 fully saturated rings. The Kier molecular flexibility index (Phi) is 6.59. The van der Waals surface area contributed by atoms with Crippen LogP contribution in [0.2, 0.25) is 5.02 Å². The highest BCUT2D eigenvalue weighted by atomic mass is 35.5. The molecule has 0 radical (unpaired) electrons. The molecule has 142 valence electrons. The van der Waals surface area contributed by atoms with E-state index in [1.807, 2.05) is 24.3 Å². The van der Waals surface area contributed by atoms with Gasteiger partial charge in [-0.05, 0) is 47.5 Å². The van der Waals surface area contributed by atoms with Crippen LogP contribution in [0.4, 0.5) is 10.5 Å². The van der Waals surface area contributed by atoms with Gasteiger partial charge >= 0.3 is 6.03 Å². The van der Waals surface area contributed by atoms with Gasteiger partial charge in [-0.2, -0.15) is 0 Å². The first kappa shape index (κ1) is 19.4. The summed E-state index contributed by atoms with van der Waals surface area (Å²) in [6.45, 7) is 0.790. The minimum Gasteiger partial charge on any atom is -0.348 e. The van der Waals surface area contributed by atoms with Crippen LogP contribution in [0.15, 0.2) is 73.1 Å². The third kappa shape index (κ3) is 5.82. The first-order valence-corrected chi connectivity index (χ1v) is 9.04. The third-order valence-corrected chi connectivity index (χ3v) is 4.21. The second kappa shape index (κ2) is 9.53. The van der Waals surface area contributed by atoms with Crippen LogP contribution in [-0.2, 0) is 13.1 Å². The fraction of sp³-hybridized carbons (Fsp3) is 0.0952. The summed E-state index contributed by atoms with van der Waals surface area (Å²) < 4.78 is 0. The lowest BCUT2D eigenvalue weighted by atomic mass is 10.2. The van der Waals surface area contributed by atoms with E-state index in [1.54, 1.807) is 42.6 Å². The first-order valence-electron chi connectivity index (χ1n) is 8.66. The molecule has 6 nitrogen and oxygen atoms in total. The van der Waals surface area contributed by atoms with E-state index in [-0.39, 0.29) is 11.9 Å². The molecule has 1 heterocycles. The average molecular weight is 395 g/mol. The molecule has 3 rings (SSSR count). The van der Waals surface area contributed by atoms with Crippen molar-refractivity contribution in [2.24, 2.45) is 0 Å². The number of hydrogen-bond donors (Lipinski definition) is 3. The number of halogens is 1. The minimum atomic E-state index is -0.299. The summed E-state index contributed by atoms with van der Waals surface area (Å²) in [5, 5.41) is 9.04. The van der Waals surface area contributed by atoms with Crippen molar-refractivity contribution >= 4 is 29.2 Å². The number of amides is 3. The van der Waals surface area contributed by atoms with Crippen molar-refractivity contribution < 1.29 is 9.59 Å². The summed E-state index contributed by atoms with van der Waals surface area (Å²) >= 11 is 5.84. The molecule has 28 heavy (non-hydrogen) atoms. The molecule has 0 saturated heterocycles. The van der Waals surface area contributed by atoms with Gasteiger partial charge in [-0.3, -0.25) is 9.78 Å². The Labute approximate surface area is 168 Å². The van der Waals surface area contributed by atoms with Gasteiger partial charge in [-0.25, -0.2) is 4.79 Å². The van der Waals surface area contributed by atoms with Gasteiger partial charge in [0.25, 0.3) is 5.91 Å². The van der Waals surface area contributed by atoms with E-state index in [0.29, 0.717) is 29.4 Å². The minimum absolute atomic E-state index is 0.183. The van der Waals surface area contributed by atoms with E-state index in [1.165, 1.54) is 6.20 Å². The molecule has 3 N–H and O–H groups in total. The predicted molar refractivity (Wildman–Crippen MR) is 109 cm³/mol. The van der Waals surface area contributed by atoms with E-state index in [2.05, 4.69) is 20.9 Å². The smallest absolute Gasteiger partial charge is 0.319 e. The van der Waals surface area contributed by atoms with Crippen molar-refractivity contribution in [1.29, 1.82) is 0 Å². The van der Waals surface area contributed by atoms with Crippen LogP contribution >= 0.6 is 11.6 Å². The second-order valence-electron chi connectivity index (χ2n) is 6.06. The van der Waals surface area contributed by atoms with E-state index < -0.39 is 0 Å². The number of carbonyl (C=O) groups is 2. The lowest BCUT2D eigenvalue weighted by Crippen LogP contribution is -2.28. The van der Waals surface area contributed by atoms with Crippen molar-refractivity contribution in [3.63, 3.8) is 0 Å². The zero-order valence-corrected chi connectivity index (χ0v) is 15.7. The second-order valence-corrected chi connectivity index (χ2v) is 6.49. The number of hydrogen-bond acceptors (Lipinski definition) is 3. The molecule has 0 unspecified atom stereocenters. The molecule has 1 aromatic heterocycles. The number of urea groups is 1. The molecule has 0 saturated carbocycles. The Morgan fingerprint density at radius 1 is 0.857 bits per heavy atom. The number of anilines is 1. The predicted octanol–water partition coefficient (Wildman–Crippen LogP) is 3.99. The largest absolute Gasteiger partial charge is 0.348 e. The Hall–Kier alpha value is -3.38. The summed E-state index contributed by atoms with van der Waals surface area (Å²) in [5.74, 6) is -0.183. The van der Waals surface area contributed by atoms with E-state index in [4.69, 9.17) is 11.6 Å². The SMILES string of the molecule is O=C(NCc1ccc(Cl)cc1)Nc1ccc(CNC(=O)c2cccnc2)cc1. The number of rotatable bonds is 6. The van der Waals surface area contributed by atoms with Crippen LogP contribution in [-0.4, -0.2) is 16.9 Å². The highest BCUT2D eigenvalue weighted by Gasteiger charge is 2.05. The van der Waals surface area contributed by atoms with Gasteiger partial charge in [-0.15, -0.1) is 0 Å². The lowest BCUT2D eigenvalue weighted by Gasteiger charge is -2.09. The molecular formula is C21H19ClN4O2. The molecule has 3 aromatic rings. The number of pyridine rings is 1. The Morgan fingerprint density at radius 2 is 1.50 bits per heavy atom. The van der Waals surface area contributed by atoms with E-state index in [9.17, 15) is 9.59 Å². The highest BCUT2D eigenvalue weighted by molar-refractivity contribution is 6.30. The van der Waals surface area contributed by atoms with Crippen molar-refractivity contribution in [2.45, 2.75) is 13.1 Å². The van der Waals surface area contributed by atoms with Gasteiger partial charge in [0.1, 0.15) is 0 Å². The quantitative estimate of drug-likeness (QED) is 0.591. The summed E-state index contributed by atoms with van der Waals surface area (Å²) in [5.41, 5.74) is 3.05. The van der Waals surface area contributed by atoms with Gasteiger partial charge in [-0.1, -0.05) is 35.9 Å². The number of aromatic nitrogens is 1. The number of carbonyl (C=O) groups excluding carboxylic acids is 2. The fourth-order valence-electron chi connectivity index (χ4n) is 2.45. The van der Waals surface area contributed by atoms with Crippen molar-refractivity contribution in [3.05, 3.63) is 94.8 Å². The lowest BCUT2D eigenvalue weighted by molar-refractivity contribution is 0.0950. The van der Waals surface area contributed by atoms with Crippen LogP contribution in [0.25, 0.3) is 0 Å². The van der Waals surface area contributed by atoms with Crippen LogP contribution in [0.5, 0.6) is 0 Å². The number of benzene rings is 2. The van der Waals surface area contributed by atoms with Crippen LogP contribution in [0, 0.1) is 0 Å². The molecule has 0 spiro atoms. The molecule has 2 aromatic carbocycles. The molecule has 0 aliphatic carbocycles. The maximum absolute atomic E-state index is 12.0. The molecule has 3 amide bonds. The van der Waals surface area contributed by atoms with Crippen molar-refractivity contribution in [1.82, 2.24) is 15.6 Å². The topological polar surface area (TPSA) is 83.1 Å². The molecule has 0 bridgehead atoms. The monoisotopic (exact) mass is 394 g/mol. The van der Waals surface area contributed by atoms with Gasteiger partial charge < -0.3 is 16.0 Å². The molecular weight excluding hydrogens is 376 g/mol. The van der Waals surface area contributed by atoms with Gasteiger partial charge in [0.05, 0.1) is 5.56 Å². The highest BCUT2D eigenvalue weighted by Crippen LogP contribution is 2.11. The van der Waals surface area contributed by atoms with Gasteiger partial charge in [0.15, 0.2) is 0 Å². The Bertz CT molecular complexity index is 929. The van der Waals surface area contributed by atoms with Crippen LogP contribution in [0.1, 0.15) is 21.5 Å². The van der Waals surface area contributed by atoms with Crippen molar-refractivity contribution in [3.8, 4) is 0 Å². The van der Waals surface area contributed by atoms with Crippen LogP contribution in [0.3, 0.4) is 0 Å². The molecule has 7 heteroatoms. The standard InChI is InChI=1S/C21H19ClN4O2/c22-18-7-3-15(4-8-18)13-25-21(28)26-19-9-5-16(6-10-19)12-24-20(27)17-2-1-11-23-14-17/h1-11,14H,12-13H2,(H,24,27)(H2,25,26,28). The molecule has 0 atom stereocenters. The number of nitrogens with zero attached hydrogens (tertiary/aromatic N) is 1. The summed E-state index contributed by atoms with van der Waals surface area (Å²) in [7, 11) is 0. The maximum Gasteiger partial charge on any atom is 0.319 e.